The first-order valence-corrected chi connectivity index (χ1v) is 4.43. The summed E-state index contributed by atoms with van der Waals surface area (Å²) >= 11 is 0. The van der Waals surface area contributed by atoms with Crippen molar-refractivity contribution in [1.82, 2.24) is 0 Å². The molecule has 0 unspecified atom stereocenters. The van der Waals surface area contributed by atoms with Crippen molar-refractivity contribution in [2.45, 2.75) is 13.3 Å². The molecule has 1 aromatic carbocycles. The van der Waals surface area contributed by atoms with Gasteiger partial charge < -0.3 is 13.0 Å². The summed E-state index contributed by atoms with van der Waals surface area (Å²) in [5.74, 6) is 0. The molecule has 0 heterocycles. The Labute approximate surface area is 105 Å². The Morgan fingerprint density at radius 2 is 1.77 bits per heavy atom. The van der Waals surface area contributed by atoms with Crippen LogP contribution in [0.1, 0.15) is 12.5 Å². The molecule has 1 N–H and O–H groups in total. The summed E-state index contributed by atoms with van der Waals surface area (Å²) < 4.78 is 24.1. The van der Waals surface area contributed by atoms with Crippen LogP contribution in [0.3, 0.4) is 0 Å². The van der Waals surface area contributed by atoms with Gasteiger partial charge in [-0.25, -0.2) is 0 Å². The minimum absolute atomic E-state index is 0. The molecule has 13 heavy (non-hydrogen) atoms. The Hall–Kier alpha value is 0.234. The molecule has 71 valence electrons. The number of hydrogen-bond acceptors (Lipinski definition) is 3. The maximum atomic E-state index is 8.56. The molecule has 0 amide bonds. The second kappa shape index (κ2) is 10.3. The molecule has 0 bridgehead atoms. The van der Waals surface area contributed by atoms with Crippen molar-refractivity contribution in [2.75, 3.05) is 0 Å². The second-order valence-electron chi connectivity index (χ2n) is 1.98. The van der Waals surface area contributed by atoms with Gasteiger partial charge in [0.1, 0.15) is 0 Å². The molecule has 5 heteroatoms. The van der Waals surface area contributed by atoms with E-state index in [0.717, 1.165) is 6.42 Å². The normalized spacial score (nSPS) is 8.23. The van der Waals surface area contributed by atoms with Gasteiger partial charge in [-0.15, -0.1) is 0 Å². The van der Waals surface area contributed by atoms with Gasteiger partial charge in [-0.3, -0.25) is 0 Å². The van der Waals surface area contributed by atoms with Crippen molar-refractivity contribution < 1.29 is 45.7 Å². The van der Waals surface area contributed by atoms with E-state index in [0.29, 0.717) is 0 Å². The number of rotatable bonds is 1. The van der Waals surface area contributed by atoms with Crippen LogP contribution in [0.5, 0.6) is 0 Å². The van der Waals surface area contributed by atoms with Crippen molar-refractivity contribution in [3.05, 3.63) is 35.9 Å². The molecule has 0 fully saturated rings. The molecule has 0 aromatic heterocycles. The van der Waals surface area contributed by atoms with Crippen LogP contribution in [0, 0.1) is 6.07 Å². The Balaban J connectivity index is 0. The van der Waals surface area contributed by atoms with E-state index in [1.807, 2.05) is 12.1 Å². The first-order chi connectivity index (χ1) is 5.66. The second-order valence-corrected chi connectivity index (χ2v) is 2.41. The molecule has 0 saturated carbocycles. The fourth-order valence-electron chi connectivity index (χ4n) is 0.657. The standard InChI is InChI=1S/C8H9.HO3S.Y/c1-2-8-6-4-3-5-7-8;1-4(2)3;/h4-7H,2H2,1H3;(H,1,2,3);/q2*-1;. The minimum atomic E-state index is -2.86. The molecule has 0 aliphatic heterocycles. The summed E-state index contributed by atoms with van der Waals surface area (Å²) in [6, 6.07) is 11.0. The van der Waals surface area contributed by atoms with Crippen LogP contribution in [0.25, 0.3) is 0 Å². The number of aryl methyl sites for hydroxylation is 1. The van der Waals surface area contributed by atoms with E-state index in [9.17, 15) is 0 Å². The molecule has 1 radical (unpaired) electrons. The molecule has 1 aromatic rings. The average Bonchev–Trinajstić information content (AvgIpc) is 2.05. The molecular weight excluding hydrogens is 265 g/mol. The molecule has 0 spiro atoms. The summed E-state index contributed by atoms with van der Waals surface area (Å²) in [7, 11) is -2.86. The van der Waals surface area contributed by atoms with Crippen LogP contribution in [0.15, 0.2) is 24.3 Å². The smallest absolute Gasteiger partial charge is 0.0495 e. The topological polar surface area (TPSA) is 54.4 Å². The van der Waals surface area contributed by atoms with Crippen LogP contribution in [0.2, 0.25) is 0 Å². The van der Waals surface area contributed by atoms with Crippen LogP contribution >= 0.6 is 0 Å². The van der Waals surface area contributed by atoms with Gasteiger partial charge in [0, 0.05) is 43.7 Å². The third-order valence-corrected chi connectivity index (χ3v) is 1.20. The number of benzene rings is 1. The van der Waals surface area contributed by atoms with Crippen LogP contribution in [0.4, 0.5) is 0 Å². The van der Waals surface area contributed by atoms with E-state index >= 15 is 0 Å². The zero-order chi connectivity index (χ0) is 9.40. The summed E-state index contributed by atoms with van der Waals surface area (Å²) in [6.45, 7) is 2.15. The van der Waals surface area contributed by atoms with Gasteiger partial charge in [0.15, 0.2) is 0 Å². The molecule has 0 aliphatic carbocycles. The number of hydrogen-bond donors (Lipinski definition) is 1. The fraction of sp³-hybridized carbons (Fsp3) is 0.250. The van der Waals surface area contributed by atoms with E-state index in [1.165, 1.54) is 5.56 Å². The van der Waals surface area contributed by atoms with Gasteiger partial charge in [0.05, 0.1) is 0 Å². The van der Waals surface area contributed by atoms with Gasteiger partial charge in [0.2, 0.25) is 0 Å². The summed E-state index contributed by atoms with van der Waals surface area (Å²) in [6.07, 6.45) is 1.12. The van der Waals surface area contributed by atoms with Gasteiger partial charge in [-0.2, -0.15) is 35.9 Å². The zero-order valence-corrected chi connectivity index (χ0v) is 10.9. The van der Waals surface area contributed by atoms with Crippen molar-refractivity contribution in [2.24, 2.45) is 0 Å². The van der Waals surface area contributed by atoms with Crippen molar-refractivity contribution in [1.29, 1.82) is 0 Å². The Bertz CT molecular complexity index is 264. The maximum absolute atomic E-state index is 8.56. The summed E-state index contributed by atoms with van der Waals surface area (Å²) in [4.78, 5) is 0. The molecule has 0 aliphatic rings. The SMILES string of the molecule is CCc1cc[c-]cc1.O=[S-](=O)O.[Y]. The molecule has 0 atom stereocenters. The Morgan fingerprint density at radius 3 is 2.00 bits per heavy atom. The first kappa shape index (κ1) is 15.7. The van der Waals surface area contributed by atoms with Crippen molar-refractivity contribution >= 4 is 11.0 Å². The maximum Gasteiger partial charge on any atom is 0.0495 e. The average molecular weight is 275 g/mol. The van der Waals surface area contributed by atoms with Crippen LogP contribution in [-0.4, -0.2) is 4.55 Å². The predicted octanol–water partition coefficient (Wildman–Crippen LogP) is 1.82. The quantitative estimate of drug-likeness (QED) is 0.368. The summed E-state index contributed by atoms with van der Waals surface area (Å²) in [5, 5.41) is 0. The van der Waals surface area contributed by atoms with E-state index in [2.05, 4.69) is 25.1 Å². The van der Waals surface area contributed by atoms with Crippen molar-refractivity contribution in [3.63, 3.8) is 0 Å². The zero-order valence-electron chi connectivity index (χ0n) is 7.27. The molecule has 3 nitrogen and oxygen atoms in total. The monoisotopic (exact) mass is 275 g/mol. The van der Waals surface area contributed by atoms with E-state index in [-0.39, 0.29) is 32.7 Å². The van der Waals surface area contributed by atoms with Gasteiger partial charge in [-0.05, 0) is 0 Å². The summed E-state index contributed by atoms with van der Waals surface area (Å²) in [5.41, 5.74) is 1.38. The van der Waals surface area contributed by atoms with Crippen LogP contribution in [-0.2, 0) is 58.5 Å². The predicted molar refractivity (Wildman–Crippen MR) is 46.0 cm³/mol. The van der Waals surface area contributed by atoms with Crippen molar-refractivity contribution in [3.8, 4) is 0 Å². The van der Waals surface area contributed by atoms with E-state index < -0.39 is 11.0 Å². The third kappa shape index (κ3) is 12.2. The third-order valence-electron chi connectivity index (χ3n) is 1.20. The van der Waals surface area contributed by atoms with Gasteiger partial charge >= 0.3 is 0 Å². The fourth-order valence-corrected chi connectivity index (χ4v) is 0.657. The molecule has 1 rings (SSSR count). The van der Waals surface area contributed by atoms with E-state index in [1.54, 1.807) is 0 Å². The largest absolute Gasteiger partial charge is 0.439 e. The first-order valence-electron chi connectivity index (χ1n) is 3.40. The van der Waals surface area contributed by atoms with E-state index in [4.69, 9.17) is 13.0 Å². The van der Waals surface area contributed by atoms with Gasteiger partial charge in [-0.1, -0.05) is 13.3 Å². The Morgan fingerprint density at radius 1 is 1.38 bits per heavy atom. The minimum Gasteiger partial charge on any atom is -0.439 e. The van der Waals surface area contributed by atoms with Crippen LogP contribution < -0.4 is 0 Å². The Kier molecular flexibility index (Phi) is 12.5. The molecule has 0 saturated heterocycles. The molecular formula is C8H10O3SY-2. The van der Waals surface area contributed by atoms with Gasteiger partial charge in [0.25, 0.3) is 0 Å².